The molecule has 0 aliphatic carbocycles. The number of aryl methyl sites for hydroxylation is 2. The molecule has 1 aromatic carbocycles. The normalized spacial score (nSPS) is 10.9. The molecule has 0 atom stereocenters. The monoisotopic (exact) mass is 230 g/mol. The molecule has 0 saturated heterocycles. The second-order valence-corrected chi connectivity index (χ2v) is 4.42. The fraction of sp³-hybridized carbons (Fsp3) is 0.333. The zero-order valence-electron chi connectivity index (χ0n) is 11.0. The number of benzene rings is 1. The number of carbonyl (C=O) groups is 2. The summed E-state index contributed by atoms with van der Waals surface area (Å²) in [6.07, 6.45) is 3.33. The summed E-state index contributed by atoms with van der Waals surface area (Å²) in [7, 11) is 0. The maximum atomic E-state index is 11.6. The van der Waals surface area contributed by atoms with Crippen LogP contribution in [0.25, 0.3) is 6.08 Å². The van der Waals surface area contributed by atoms with Gasteiger partial charge in [-0.3, -0.25) is 9.59 Å². The fourth-order valence-electron chi connectivity index (χ4n) is 2.20. The van der Waals surface area contributed by atoms with Gasteiger partial charge in [0.2, 0.25) is 0 Å². The van der Waals surface area contributed by atoms with Crippen molar-refractivity contribution in [1.29, 1.82) is 0 Å². The van der Waals surface area contributed by atoms with Gasteiger partial charge in [-0.2, -0.15) is 0 Å². The zero-order valence-corrected chi connectivity index (χ0v) is 11.0. The molecular formula is C15H18O2. The van der Waals surface area contributed by atoms with E-state index in [4.69, 9.17) is 0 Å². The Bertz CT molecular complexity index is 508. The molecular weight excluding hydrogens is 212 g/mol. The average Bonchev–Trinajstić information content (AvgIpc) is 2.14. The minimum absolute atomic E-state index is 0.00810. The highest BCUT2D eigenvalue weighted by Gasteiger charge is 2.12. The van der Waals surface area contributed by atoms with Crippen LogP contribution in [0.4, 0.5) is 0 Å². The Morgan fingerprint density at radius 1 is 1.06 bits per heavy atom. The number of hydrogen-bond acceptors (Lipinski definition) is 2. The Balaban J connectivity index is 3.46. The van der Waals surface area contributed by atoms with Crippen molar-refractivity contribution in [3.63, 3.8) is 0 Å². The first kappa shape index (κ1) is 13.4. The molecule has 0 bridgehead atoms. The number of rotatable bonds is 3. The van der Waals surface area contributed by atoms with Crippen molar-refractivity contribution in [3.8, 4) is 0 Å². The lowest BCUT2D eigenvalue weighted by Gasteiger charge is -2.13. The smallest absolute Gasteiger partial charge is 0.160 e. The number of Topliss-reactive ketones (excluding diaryl/α,β-unsaturated/α-hetero) is 1. The summed E-state index contributed by atoms with van der Waals surface area (Å²) in [5.41, 5.74) is 4.76. The largest absolute Gasteiger partial charge is 0.295 e. The van der Waals surface area contributed by atoms with Gasteiger partial charge in [-0.05, 0) is 62.9 Å². The van der Waals surface area contributed by atoms with Crippen LogP contribution in [0.2, 0.25) is 0 Å². The van der Waals surface area contributed by atoms with Gasteiger partial charge in [-0.1, -0.05) is 12.1 Å². The minimum Gasteiger partial charge on any atom is -0.295 e. The van der Waals surface area contributed by atoms with E-state index < -0.39 is 0 Å². The van der Waals surface area contributed by atoms with E-state index in [0.717, 1.165) is 27.8 Å². The minimum atomic E-state index is 0.00810. The molecule has 0 N–H and O–H groups in total. The first-order chi connectivity index (χ1) is 7.84. The van der Waals surface area contributed by atoms with Gasteiger partial charge in [0.1, 0.15) is 0 Å². The Morgan fingerprint density at radius 3 is 2.12 bits per heavy atom. The second kappa shape index (κ2) is 5.09. The van der Waals surface area contributed by atoms with E-state index >= 15 is 0 Å². The molecule has 0 amide bonds. The quantitative estimate of drug-likeness (QED) is 0.589. The van der Waals surface area contributed by atoms with Crippen molar-refractivity contribution in [2.45, 2.75) is 34.6 Å². The van der Waals surface area contributed by atoms with Crippen LogP contribution < -0.4 is 0 Å². The van der Waals surface area contributed by atoms with Crippen molar-refractivity contribution in [2.75, 3.05) is 0 Å². The van der Waals surface area contributed by atoms with Gasteiger partial charge < -0.3 is 0 Å². The van der Waals surface area contributed by atoms with E-state index in [1.165, 1.54) is 13.0 Å². The third kappa shape index (κ3) is 2.90. The number of allylic oxidation sites excluding steroid dienone is 1. The van der Waals surface area contributed by atoms with Gasteiger partial charge >= 0.3 is 0 Å². The van der Waals surface area contributed by atoms with Gasteiger partial charge in [0.25, 0.3) is 0 Å². The molecule has 0 heterocycles. The molecule has 0 aromatic heterocycles. The Kier molecular flexibility index (Phi) is 4.00. The van der Waals surface area contributed by atoms with Crippen LogP contribution in [0.15, 0.2) is 12.1 Å². The summed E-state index contributed by atoms with van der Waals surface area (Å²) in [5.74, 6) is 0.0752. The van der Waals surface area contributed by atoms with E-state index in [9.17, 15) is 9.59 Å². The van der Waals surface area contributed by atoms with Crippen LogP contribution >= 0.6 is 0 Å². The van der Waals surface area contributed by atoms with Crippen molar-refractivity contribution in [1.82, 2.24) is 0 Å². The third-order valence-electron chi connectivity index (χ3n) is 2.87. The Morgan fingerprint density at radius 2 is 1.65 bits per heavy atom. The molecule has 0 spiro atoms. The van der Waals surface area contributed by atoms with Crippen molar-refractivity contribution >= 4 is 17.6 Å². The molecule has 0 radical (unpaired) electrons. The van der Waals surface area contributed by atoms with Gasteiger partial charge in [-0.15, -0.1) is 0 Å². The maximum Gasteiger partial charge on any atom is 0.160 e. The van der Waals surface area contributed by atoms with Gasteiger partial charge in [-0.25, -0.2) is 0 Å². The lowest BCUT2D eigenvalue weighted by molar-refractivity contribution is -0.112. The molecule has 0 aliphatic rings. The zero-order chi connectivity index (χ0) is 13.2. The molecule has 0 unspecified atom stereocenters. The highest BCUT2D eigenvalue weighted by molar-refractivity contribution is 5.99. The van der Waals surface area contributed by atoms with Crippen LogP contribution in [0.1, 0.15) is 46.5 Å². The van der Waals surface area contributed by atoms with Gasteiger partial charge in [0, 0.05) is 5.56 Å². The van der Waals surface area contributed by atoms with Crippen LogP contribution in [0.5, 0.6) is 0 Å². The highest BCUT2D eigenvalue weighted by Crippen LogP contribution is 2.23. The Labute approximate surface area is 102 Å². The fourth-order valence-corrected chi connectivity index (χ4v) is 2.20. The standard InChI is InChI=1S/C15H18O2/c1-9-8-10(2)15(13(5)17)12(4)14(9)7-6-11(3)16/h6-8H,1-5H3. The number of carbonyl (C=O) groups excluding carboxylic acids is 2. The number of ketones is 2. The van der Waals surface area contributed by atoms with Crippen LogP contribution in [-0.2, 0) is 4.79 Å². The summed E-state index contributed by atoms with van der Waals surface area (Å²) in [6, 6.07) is 1.99. The van der Waals surface area contributed by atoms with Crippen molar-refractivity contribution in [3.05, 3.63) is 40.0 Å². The average molecular weight is 230 g/mol. The summed E-state index contributed by atoms with van der Waals surface area (Å²) in [4.78, 5) is 22.6. The van der Waals surface area contributed by atoms with E-state index in [1.807, 2.05) is 26.8 Å². The molecule has 2 nitrogen and oxygen atoms in total. The topological polar surface area (TPSA) is 34.1 Å². The molecule has 17 heavy (non-hydrogen) atoms. The van der Waals surface area contributed by atoms with E-state index in [0.29, 0.717) is 0 Å². The summed E-state index contributed by atoms with van der Waals surface area (Å²) in [5, 5.41) is 0. The third-order valence-corrected chi connectivity index (χ3v) is 2.87. The summed E-state index contributed by atoms with van der Waals surface area (Å²) < 4.78 is 0. The van der Waals surface area contributed by atoms with E-state index in [2.05, 4.69) is 0 Å². The number of hydrogen-bond donors (Lipinski definition) is 0. The highest BCUT2D eigenvalue weighted by atomic mass is 16.1. The van der Waals surface area contributed by atoms with Crippen LogP contribution in [0.3, 0.4) is 0 Å². The van der Waals surface area contributed by atoms with Gasteiger partial charge in [0.15, 0.2) is 11.6 Å². The lowest BCUT2D eigenvalue weighted by atomic mass is 9.91. The van der Waals surface area contributed by atoms with Crippen molar-refractivity contribution < 1.29 is 9.59 Å². The predicted octanol–water partition coefficient (Wildman–Crippen LogP) is 3.42. The van der Waals surface area contributed by atoms with Crippen molar-refractivity contribution in [2.24, 2.45) is 0 Å². The van der Waals surface area contributed by atoms with E-state index in [1.54, 1.807) is 13.0 Å². The summed E-state index contributed by atoms with van der Waals surface area (Å²) in [6.45, 7) is 8.94. The van der Waals surface area contributed by atoms with Crippen LogP contribution in [-0.4, -0.2) is 11.6 Å². The molecule has 0 saturated carbocycles. The van der Waals surface area contributed by atoms with Crippen LogP contribution in [0, 0.1) is 20.8 Å². The SMILES string of the molecule is CC(=O)C=Cc1c(C)cc(C)c(C(C)=O)c1C. The van der Waals surface area contributed by atoms with Gasteiger partial charge in [0.05, 0.1) is 0 Å². The molecule has 0 fully saturated rings. The second-order valence-electron chi connectivity index (χ2n) is 4.42. The molecule has 2 heteroatoms. The first-order valence-electron chi connectivity index (χ1n) is 5.65. The molecule has 1 aromatic rings. The molecule has 1 rings (SSSR count). The predicted molar refractivity (Wildman–Crippen MR) is 70.4 cm³/mol. The Hall–Kier alpha value is -1.70. The lowest BCUT2D eigenvalue weighted by Crippen LogP contribution is -2.03. The summed E-state index contributed by atoms with van der Waals surface area (Å²) >= 11 is 0. The molecule has 0 aliphatic heterocycles. The van der Waals surface area contributed by atoms with E-state index in [-0.39, 0.29) is 11.6 Å². The maximum absolute atomic E-state index is 11.6. The first-order valence-corrected chi connectivity index (χ1v) is 5.65. The molecule has 90 valence electrons.